The molecular weight excluding hydrogens is 318 g/mol. The summed E-state index contributed by atoms with van der Waals surface area (Å²) in [6, 6.07) is 3.67. The second-order valence-corrected chi connectivity index (χ2v) is 6.33. The number of amides is 1. The summed E-state index contributed by atoms with van der Waals surface area (Å²) in [4.78, 5) is 24.6. The molecule has 25 heavy (non-hydrogen) atoms. The van der Waals surface area contributed by atoms with Crippen molar-refractivity contribution in [3.05, 3.63) is 42.5 Å². The number of rotatable bonds is 4. The SMILES string of the molecule is CC1CNCC1Nc1cncc(-c2cnc3cc(C(N)=O)ccn23)n1. The van der Waals surface area contributed by atoms with Crippen molar-refractivity contribution in [2.24, 2.45) is 11.7 Å². The van der Waals surface area contributed by atoms with Crippen molar-refractivity contribution in [1.29, 1.82) is 0 Å². The zero-order valence-electron chi connectivity index (χ0n) is 13.8. The van der Waals surface area contributed by atoms with Crippen LogP contribution >= 0.6 is 0 Å². The smallest absolute Gasteiger partial charge is 0.248 e. The average Bonchev–Trinajstić information content (AvgIpc) is 3.21. The van der Waals surface area contributed by atoms with Gasteiger partial charge in [-0.2, -0.15) is 0 Å². The number of hydrogen-bond acceptors (Lipinski definition) is 6. The van der Waals surface area contributed by atoms with Crippen LogP contribution in [-0.2, 0) is 0 Å². The normalized spacial score (nSPS) is 20.0. The molecule has 4 heterocycles. The first-order valence-corrected chi connectivity index (χ1v) is 8.18. The first kappa shape index (κ1) is 15.5. The van der Waals surface area contributed by atoms with Gasteiger partial charge in [-0.05, 0) is 24.6 Å². The maximum atomic E-state index is 11.3. The Labute approximate surface area is 144 Å². The predicted molar refractivity (Wildman–Crippen MR) is 94.2 cm³/mol. The number of primary amides is 1. The molecule has 0 radical (unpaired) electrons. The van der Waals surface area contributed by atoms with E-state index in [0.29, 0.717) is 28.9 Å². The molecule has 0 saturated carbocycles. The van der Waals surface area contributed by atoms with Gasteiger partial charge < -0.3 is 16.4 Å². The van der Waals surface area contributed by atoms with Gasteiger partial charge in [-0.3, -0.25) is 14.2 Å². The van der Waals surface area contributed by atoms with E-state index in [-0.39, 0.29) is 0 Å². The van der Waals surface area contributed by atoms with Crippen molar-refractivity contribution >= 4 is 17.4 Å². The lowest BCUT2D eigenvalue weighted by atomic mass is 10.1. The van der Waals surface area contributed by atoms with Crippen molar-refractivity contribution in [3.8, 4) is 11.4 Å². The molecule has 4 N–H and O–H groups in total. The number of nitrogens with zero attached hydrogens (tertiary/aromatic N) is 4. The van der Waals surface area contributed by atoms with Crippen LogP contribution in [-0.4, -0.2) is 44.4 Å². The maximum absolute atomic E-state index is 11.3. The third-order valence-corrected chi connectivity index (χ3v) is 4.55. The number of nitrogens with one attached hydrogen (secondary N) is 2. The molecule has 2 atom stereocenters. The molecule has 0 aliphatic carbocycles. The van der Waals surface area contributed by atoms with Crippen molar-refractivity contribution in [2.75, 3.05) is 18.4 Å². The number of anilines is 1. The van der Waals surface area contributed by atoms with Gasteiger partial charge in [-0.25, -0.2) is 9.97 Å². The Morgan fingerprint density at radius 3 is 3.00 bits per heavy atom. The molecule has 1 aliphatic heterocycles. The molecular formula is C17H19N7O. The molecule has 1 aliphatic rings. The number of aromatic nitrogens is 4. The third-order valence-electron chi connectivity index (χ3n) is 4.55. The number of nitrogens with two attached hydrogens (primary N) is 1. The summed E-state index contributed by atoms with van der Waals surface area (Å²) in [5, 5.41) is 6.80. The van der Waals surface area contributed by atoms with E-state index < -0.39 is 5.91 Å². The fourth-order valence-corrected chi connectivity index (χ4v) is 3.08. The molecule has 8 heteroatoms. The highest BCUT2D eigenvalue weighted by Gasteiger charge is 2.23. The van der Waals surface area contributed by atoms with E-state index in [9.17, 15) is 4.79 Å². The summed E-state index contributed by atoms with van der Waals surface area (Å²) in [5.74, 6) is 0.799. The second kappa shape index (κ2) is 6.14. The number of fused-ring (bicyclic) bond motifs is 1. The second-order valence-electron chi connectivity index (χ2n) is 6.33. The standard InChI is InChI=1S/C17H19N7O/c1-10-5-19-6-12(10)22-15-9-20-7-13(23-15)14-8-21-16-4-11(17(18)25)2-3-24(14)16/h2-4,7-10,12,19H,5-6H2,1H3,(H2,18,25)(H,22,23). The number of hydrogen-bond donors (Lipinski definition) is 3. The van der Waals surface area contributed by atoms with Gasteiger partial charge in [-0.1, -0.05) is 6.92 Å². The number of imidazole rings is 1. The van der Waals surface area contributed by atoms with Gasteiger partial charge in [0.2, 0.25) is 5.91 Å². The fourth-order valence-electron chi connectivity index (χ4n) is 3.08. The largest absolute Gasteiger partial charge is 0.366 e. The summed E-state index contributed by atoms with van der Waals surface area (Å²) < 4.78 is 1.86. The van der Waals surface area contributed by atoms with Crippen LogP contribution in [0.5, 0.6) is 0 Å². The molecule has 0 bridgehead atoms. The minimum Gasteiger partial charge on any atom is -0.366 e. The van der Waals surface area contributed by atoms with E-state index in [1.165, 1.54) is 0 Å². The Balaban J connectivity index is 1.66. The van der Waals surface area contributed by atoms with Crippen LogP contribution in [0.3, 0.4) is 0 Å². The van der Waals surface area contributed by atoms with E-state index in [1.54, 1.807) is 36.9 Å². The monoisotopic (exact) mass is 337 g/mol. The molecule has 128 valence electrons. The topological polar surface area (TPSA) is 110 Å². The Bertz CT molecular complexity index is 936. The van der Waals surface area contributed by atoms with Crippen LogP contribution < -0.4 is 16.4 Å². The third kappa shape index (κ3) is 2.91. The van der Waals surface area contributed by atoms with Crippen molar-refractivity contribution in [2.45, 2.75) is 13.0 Å². The molecule has 1 fully saturated rings. The summed E-state index contributed by atoms with van der Waals surface area (Å²) in [6.07, 6.45) is 6.91. The summed E-state index contributed by atoms with van der Waals surface area (Å²) >= 11 is 0. The molecule has 1 saturated heterocycles. The maximum Gasteiger partial charge on any atom is 0.248 e. The van der Waals surface area contributed by atoms with Crippen LogP contribution in [0, 0.1) is 5.92 Å². The zero-order valence-corrected chi connectivity index (χ0v) is 13.8. The zero-order chi connectivity index (χ0) is 17.4. The van der Waals surface area contributed by atoms with Crippen molar-refractivity contribution < 1.29 is 4.79 Å². The summed E-state index contributed by atoms with van der Waals surface area (Å²) in [6.45, 7) is 4.12. The van der Waals surface area contributed by atoms with Gasteiger partial charge in [0.1, 0.15) is 17.2 Å². The van der Waals surface area contributed by atoms with Gasteiger partial charge in [0.15, 0.2) is 0 Å². The molecule has 0 aromatic carbocycles. The molecule has 3 aromatic rings. The van der Waals surface area contributed by atoms with Crippen LogP contribution in [0.2, 0.25) is 0 Å². The predicted octanol–water partition coefficient (Wildman–Crippen LogP) is 0.910. The highest BCUT2D eigenvalue weighted by Crippen LogP contribution is 2.21. The highest BCUT2D eigenvalue weighted by molar-refractivity contribution is 5.93. The van der Waals surface area contributed by atoms with Gasteiger partial charge >= 0.3 is 0 Å². The quantitative estimate of drug-likeness (QED) is 0.653. The lowest BCUT2D eigenvalue weighted by molar-refractivity contribution is 0.100. The van der Waals surface area contributed by atoms with Crippen LogP contribution in [0.4, 0.5) is 5.82 Å². The Kier molecular flexibility index (Phi) is 3.81. The lowest BCUT2D eigenvalue weighted by Crippen LogP contribution is -2.27. The number of carbonyl (C=O) groups is 1. The molecule has 3 aromatic heterocycles. The van der Waals surface area contributed by atoms with E-state index >= 15 is 0 Å². The minimum absolute atomic E-state index is 0.338. The highest BCUT2D eigenvalue weighted by atomic mass is 16.1. The van der Waals surface area contributed by atoms with Gasteiger partial charge in [0, 0.05) is 24.3 Å². The molecule has 2 unspecified atom stereocenters. The summed E-state index contributed by atoms with van der Waals surface area (Å²) in [5.41, 5.74) is 7.90. The van der Waals surface area contributed by atoms with Crippen molar-refractivity contribution in [1.82, 2.24) is 24.7 Å². The van der Waals surface area contributed by atoms with E-state index in [4.69, 9.17) is 5.73 Å². The van der Waals surface area contributed by atoms with Gasteiger partial charge in [-0.15, -0.1) is 0 Å². The Morgan fingerprint density at radius 1 is 1.36 bits per heavy atom. The average molecular weight is 337 g/mol. The first-order chi connectivity index (χ1) is 12.1. The fraction of sp³-hybridized carbons (Fsp3) is 0.294. The first-order valence-electron chi connectivity index (χ1n) is 8.18. The molecule has 8 nitrogen and oxygen atoms in total. The minimum atomic E-state index is -0.475. The van der Waals surface area contributed by atoms with Crippen molar-refractivity contribution in [3.63, 3.8) is 0 Å². The lowest BCUT2D eigenvalue weighted by Gasteiger charge is -2.16. The van der Waals surface area contributed by atoms with E-state index in [1.807, 2.05) is 4.40 Å². The Morgan fingerprint density at radius 2 is 2.24 bits per heavy atom. The van der Waals surface area contributed by atoms with Crippen LogP contribution in [0.25, 0.3) is 17.0 Å². The van der Waals surface area contributed by atoms with E-state index in [2.05, 4.69) is 32.5 Å². The molecule has 1 amide bonds. The Hall–Kier alpha value is -3.00. The van der Waals surface area contributed by atoms with Crippen LogP contribution in [0.1, 0.15) is 17.3 Å². The summed E-state index contributed by atoms with van der Waals surface area (Å²) in [7, 11) is 0. The van der Waals surface area contributed by atoms with Gasteiger partial charge in [0.25, 0.3) is 0 Å². The van der Waals surface area contributed by atoms with Crippen LogP contribution in [0.15, 0.2) is 36.9 Å². The van der Waals surface area contributed by atoms with Gasteiger partial charge in [0.05, 0.1) is 24.3 Å². The molecule has 0 spiro atoms. The number of pyridine rings is 1. The number of carbonyl (C=O) groups excluding carboxylic acids is 1. The molecule has 4 rings (SSSR count). The van der Waals surface area contributed by atoms with E-state index in [0.717, 1.165) is 24.6 Å².